The fourth-order valence-corrected chi connectivity index (χ4v) is 4.42. The van der Waals surface area contributed by atoms with E-state index in [2.05, 4.69) is 15.5 Å². The molecule has 8 heteroatoms. The Hall–Kier alpha value is -4.20. The van der Waals surface area contributed by atoms with Crippen molar-refractivity contribution in [3.8, 4) is 0 Å². The number of benzene rings is 3. The van der Waals surface area contributed by atoms with Gasteiger partial charge >= 0.3 is 0 Å². The molecule has 0 saturated carbocycles. The smallest absolute Gasteiger partial charge is 0.255 e. The molecule has 3 aromatic carbocycles. The van der Waals surface area contributed by atoms with Gasteiger partial charge in [-0.25, -0.2) is 4.39 Å². The third-order valence-electron chi connectivity index (χ3n) is 6.46. The lowest BCUT2D eigenvalue weighted by atomic mass is 10.1. The van der Waals surface area contributed by atoms with Crippen LogP contribution in [0.1, 0.15) is 46.5 Å². The number of hydrogen-bond donors (Lipinski definition) is 2. The van der Waals surface area contributed by atoms with Gasteiger partial charge in [-0.1, -0.05) is 44.2 Å². The summed E-state index contributed by atoms with van der Waals surface area (Å²) in [4.78, 5) is 42.5. The standard InChI is InChI=1S/C30H33FN4O3/c1-21(2)18-28(36)35-16-14-34(15-17-35)27-13-12-25(33-29(37)23-6-4-3-5-7-23)19-26(27)30(38)32-20-22-8-10-24(31)11-9-22/h3-13,19,21H,14-18,20H2,1-2H3,(H,32,38)(H,33,37). The summed E-state index contributed by atoms with van der Waals surface area (Å²) in [5, 5.41) is 5.78. The second-order valence-electron chi connectivity index (χ2n) is 9.83. The average Bonchev–Trinajstić information content (AvgIpc) is 2.92. The molecule has 38 heavy (non-hydrogen) atoms. The fraction of sp³-hybridized carbons (Fsp3) is 0.300. The first kappa shape index (κ1) is 26.9. The van der Waals surface area contributed by atoms with E-state index in [0.29, 0.717) is 55.3 Å². The highest BCUT2D eigenvalue weighted by atomic mass is 19.1. The number of piperazine rings is 1. The van der Waals surface area contributed by atoms with E-state index >= 15 is 0 Å². The quantitative estimate of drug-likeness (QED) is 0.455. The Bertz CT molecular complexity index is 1270. The van der Waals surface area contributed by atoms with Crippen molar-refractivity contribution in [2.45, 2.75) is 26.8 Å². The molecular weight excluding hydrogens is 483 g/mol. The van der Waals surface area contributed by atoms with Crippen LogP contribution in [-0.2, 0) is 11.3 Å². The fourth-order valence-electron chi connectivity index (χ4n) is 4.42. The van der Waals surface area contributed by atoms with Gasteiger partial charge < -0.3 is 20.4 Å². The minimum atomic E-state index is -0.338. The van der Waals surface area contributed by atoms with Gasteiger partial charge in [0.1, 0.15) is 5.82 Å². The third kappa shape index (κ3) is 6.97. The highest BCUT2D eigenvalue weighted by Crippen LogP contribution is 2.27. The van der Waals surface area contributed by atoms with Crippen LogP contribution in [0.3, 0.4) is 0 Å². The highest BCUT2D eigenvalue weighted by molar-refractivity contribution is 6.06. The largest absolute Gasteiger partial charge is 0.367 e. The second-order valence-corrected chi connectivity index (χ2v) is 9.83. The maximum absolute atomic E-state index is 13.4. The van der Waals surface area contributed by atoms with Crippen LogP contribution in [0.2, 0.25) is 0 Å². The zero-order valence-electron chi connectivity index (χ0n) is 21.7. The van der Waals surface area contributed by atoms with Gasteiger partial charge in [-0.15, -0.1) is 0 Å². The van der Waals surface area contributed by atoms with E-state index < -0.39 is 0 Å². The van der Waals surface area contributed by atoms with Gasteiger partial charge in [-0.05, 0) is 53.9 Å². The van der Waals surface area contributed by atoms with Crippen LogP contribution in [0.15, 0.2) is 72.8 Å². The van der Waals surface area contributed by atoms with E-state index in [4.69, 9.17) is 0 Å². The zero-order valence-corrected chi connectivity index (χ0v) is 21.7. The average molecular weight is 517 g/mol. The Morgan fingerprint density at radius 3 is 2.21 bits per heavy atom. The molecule has 3 amide bonds. The molecule has 0 aliphatic carbocycles. The SMILES string of the molecule is CC(C)CC(=O)N1CCN(c2ccc(NC(=O)c3ccccc3)cc2C(=O)NCc2ccc(F)cc2)CC1. The molecule has 2 N–H and O–H groups in total. The van der Waals surface area contributed by atoms with E-state index in [0.717, 1.165) is 11.3 Å². The number of hydrogen-bond acceptors (Lipinski definition) is 4. The Kier molecular flexibility index (Phi) is 8.73. The lowest BCUT2D eigenvalue weighted by molar-refractivity contribution is -0.132. The third-order valence-corrected chi connectivity index (χ3v) is 6.46. The Balaban J connectivity index is 1.53. The van der Waals surface area contributed by atoms with Crippen LogP contribution < -0.4 is 15.5 Å². The van der Waals surface area contributed by atoms with Crippen molar-refractivity contribution >= 4 is 29.1 Å². The normalized spacial score (nSPS) is 13.4. The summed E-state index contributed by atoms with van der Waals surface area (Å²) in [6.07, 6.45) is 0.521. The Labute approximate surface area is 222 Å². The van der Waals surface area contributed by atoms with Crippen molar-refractivity contribution in [1.29, 1.82) is 0 Å². The van der Waals surface area contributed by atoms with Gasteiger partial charge in [-0.3, -0.25) is 14.4 Å². The molecule has 4 rings (SSSR count). The summed E-state index contributed by atoms with van der Waals surface area (Å²) < 4.78 is 13.3. The van der Waals surface area contributed by atoms with Crippen molar-refractivity contribution in [3.05, 3.63) is 95.3 Å². The van der Waals surface area contributed by atoms with E-state index in [1.165, 1.54) is 12.1 Å². The number of amides is 3. The summed E-state index contributed by atoms with van der Waals surface area (Å²) in [6, 6.07) is 20.1. The van der Waals surface area contributed by atoms with E-state index in [1.807, 2.05) is 30.9 Å². The number of rotatable bonds is 8. The minimum absolute atomic E-state index is 0.149. The van der Waals surface area contributed by atoms with Crippen LogP contribution >= 0.6 is 0 Å². The number of carbonyl (C=O) groups excluding carboxylic acids is 3. The van der Waals surface area contributed by atoms with Crippen molar-refractivity contribution in [3.63, 3.8) is 0 Å². The summed E-state index contributed by atoms with van der Waals surface area (Å²) in [7, 11) is 0. The molecule has 1 aliphatic rings. The van der Waals surface area contributed by atoms with Gasteiger partial charge in [0.15, 0.2) is 0 Å². The lowest BCUT2D eigenvalue weighted by Gasteiger charge is -2.37. The Morgan fingerprint density at radius 1 is 0.868 bits per heavy atom. The van der Waals surface area contributed by atoms with Gasteiger partial charge in [0.05, 0.1) is 5.56 Å². The maximum atomic E-state index is 13.4. The molecular formula is C30H33FN4O3. The number of nitrogens with zero attached hydrogens (tertiary/aromatic N) is 2. The molecule has 7 nitrogen and oxygen atoms in total. The second kappa shape index (κ2) is 12.4. The first-order valence-electron chi connectivity index (χ1n) is 12.9. The molecule has 1 saturated heterocycles. The van der Waals surface area contributed by atoms with Crippen LogP contribution in [0, 0.1) is 11.7 Å². The van der Waals surface area contributed by atoms with Crippen molar-refractivity contribution in [2.24, 2.45) is 5.92 Å². The molecule has 0 bridgehead atoms. The molecule has 0 radical (unpaired) electrons. The van der Waals surface area contributed by atoms with Crippen LogP contribution in [0.25, 0.3) is 0 Å². The minimum Gasteiger partial charge on any atom is -0.367 e. The number of anilines is 2. The maximum Gasteiger partial charge on any atom is 0.255 e. The molecule has 3 aromatic rings. The number of halogens is 1. The molecule has 0 unspecified atom stereocenters. The molecule has 1 aliphatic heterocycles. The molecule has 0 spiro atoms. The van der Waals surface area contributed by atoms with Crippen molar-refractivity contribution < 1.29 is 18.8 Å². The summed E-state index contributed by atoms with van der Waals surface area (Å²) in [5.41, 5.74) is 2.93. The topological polar surface area (TPSA) is 81.8 Å². The lowest BCUT2D eigenvalue weighted by Crippen LogP contribution is -2.49. The van der Waals surface area contributed by atoms with Gasteiger partial charge in [0.25, 0.3) is 11.8 Å². The molecule has 1 fully saturated rings. The predicted molar refractivity (Wildman–Crippen MR) is 147 cm³/mol. The predicted octanol–water partition coefficient (Wildman–Crippen LogP) is 4.70. The number of carbonyl (C=O) groups is 3. The van der Waals surface area contributed by atoms with E-state index in [-0.39, 0.29) is 30.1 Å². The Morgan fingerprint density at radius 2 is 1.55 bits per heavy atom. The zero-order chi connectivity index (χ0) is 27.1. The van der Waals surface area contributed by atoms with Crippen LogP contribution in [-0.4, -0.2) is 48.8 Å². The van der Waals surface area contributed by atoms with E-state index in [1.54, 1.807) is 48.5 Å². The molecule has 0 aromatic heterocycles. The van der Waals surface area contributed by atoms with E-state index in [9.17, 15) is 18.8 Å². The van der Waals surface area contributed by atoms with Crippen molar-refractivity contribution in [2.75, 3.05) is 36.4 Å². The summed E-state index contributed by atoms with van der Waals surface area (Å²) in [6.45, 7) is 6.64. The summed E-state index contributed by atoms with van der Waals surface area (Å²) >= 11 is 0. The molecule has 1 heterocycles. The number of nitrogens with one attached hydrogen (secondary N) is 2. The van der Waals surface area contributed by atoms with Crippen molar-refractivity contribution in [1.82, 2.24) is 10.2 Å². The van der Waals surface area contributed by atoms with Gasteiger partial charge in [0.2, 0.25) is 5.91 Å². The van der Waals surface area contributed by atoms with Crippen LogP contribution in [0.5, 0.6) is 0 Å². The van der Waals surface area contributed by atoms with Gasteiger partial charge in [-0.2, -0.15) is 0 Å². The molecule has 0 atom stereocenters. The first-order chi connectivity index (χ1) is 18.3. The van der Waals surface area contributed by atoms with Gasteiger partial charge in [0, 0.05) is 56.1 Å². The monoisotopic (exact) mass is 516 g/mol. The molecule has 198 valence electrons. The highest BCUT2D eigenvalue weighted by Gasteiger charge is 2.25. The summed E-state index contributed by atoms with van der Waals surface area (Å²) in [5.74, 6) is -0.464. The van der Waals surface area contributed by atoms with Crippen LogP contribution in [0.4, 0.5) is 15.8 Å². The first-order valence-corrected chi connectivity index (χ1v) is 12.9.